The van der Waals surface area contributed by atoms with E-state index in [-0.39, 0.29) is 11.6 Å². The van der Waals surface area contributed by atoms with Gasteiger partial charge in [0.15, 0.2) is 11.5 Å². The van der Waals surface area contributed by atoms with Crippen LogP contribution in [0.15, 0.2) is 48.7 Å². The van der Waals surface area contributed by atoms with E-state index >= 15 is 0 Å². The molecule has 0 spiro atoms. The highest BCUT2D eigenvalue weighted by atomic mass is 32.1. The summed E-state index contributed by atoms with van der Waals surface area (Å²) in [6.07, 6.45) is 1.79. The molecular weight excluding hydrogens is 474 g/mol. The molecule has 0 bridgehead atoms. The van der Waals surface area contributed by atoms with Gasteiger partial charge in [0.1, 0.15) is 0 Å². The Morgan fingerprint density at radius 3 is 2.50 bits per heavy atom. The highest BCUT2D eigenvalue weighted by Gasteiger charge is 2.18. The molecule has 8 nitrogen and oxygen atoms in total. The van der Waals surface area contributed by atoms with Gasteiger partial charge in [0.05, 0.1) is 59.1 Å². The Morgan fingerprint density at radius 1 is 1.00 bits per heavy atom. The molecule has 1 atom stereocenters. The van der Waals surface area contributed by atoms with Gasteiger partial charge in [-0.25, -0.2) is 9.97 Å². The minimum absolute atomic E-state index is 0.0404. The van der Waals surface area contributed by atoms with Crippen molar-refractivity contribution in [2.24, 2.45) is 0 Å². The molecule has 0 radical (unpaired) electrons. The molecule has 0 fully saturated rings. The number of nitrogens with one attached hydrogen (secondary N) is 2. The summed E-state index contributed by atoms with van der Waals surface area (Å²) >= 11 is 1.62. The van der Waals surface area contributed by atoms with E-state index < -0.39 is 0 Å². The predicted octanol–water partition coefficient (Wildman–Crippen LogP) is 6.20. The van der Waals surface area contributed by atoms with E-state index in [4.69, 9.17) is 24.2 Å². The van der Waals surface area contributed by atoms with E-state index in [9.17, 15) is 0 Å². The van der Waals surface area contributed by atoms with Crippen LogP contribution in [0.4, 0.5) is 10.9 Å². The van der Waals surface area contributed by atoms with Crippen LogP contribution in [-0.2, 0) is 17.9 Å². The summed E-state index contributed by atoms with van der Waals surface area (Å²) in [6.45, 7) is 9.20. The summed E-state index contributed by atoms with van der Waals surface area (Å²) in [6, 6.07) is 13.8. The first-order chi connectivity index (χ1) is 17.3. The zero-order valence-electron chi connectivity index (χ0n) is 21.6. The highest BCUT2D eigenvalue weighted by Crippen LogP contribution is 2.34. The number of anilines is 2. The first-order valence-electron chi connectivity index (χ1n) is 11.8. The van der Waals surface area contributed by atoms with Crippen molar-refractivity contribution in [1.29, 1.82) is 0 Å². The second-order valence-electron chi connectivity index (χ2n) is 9.38. The lowest BCUT2D eigenvalue weighted by Crippen LogP contribution is -2.19. The standard InChI is InChI=1S/C27H33N5O3S/c1-17(19-9-7-8-12-28-19)30-26-31-20-14-24(36-25(20)21(32-26)16-35-27(2,3)4)29-15-18-10-11-22(33-5)23(13-18)34-6/h7-14,17,29H,15-16H2,1-6H3,(H,30,31,32). The largest absolute Gasteiger partial charge is 0.493 e. The van der Waals surface area contributed by atoms with Crippen molar-refractivity contribution in [3.05, 3.63) is 65.6 Å². The van der Waals surface area contributed by atoms with E-state index in [1.54, 1.807) is 31.8 Å². The molecule has 0 aliphatic rings. The van der Waals surface area contributed by atoms with Crippen molar-refractivity contribution in [2.75, 3.05) is 24.9 Å². The van der Waals surface area contributed by atoms with Gasteiger partial charge in [-0.3, -0.25) is 4.98 Å². The number of thiophene rings is 1. The monoisotopic (exact) mass is 507 g/mol. The minimum atomic E-state index is -0.280. The number of fused-ring (bicyclic) bond motifs is 1. The Kier molecular flexibility index (Phi) is 7.91. The number of hydrogen-bond donors (Lipinski definition) is 2. The Morgan fingerprint density at radius 2 is 1.81 bits per heavy atom. The van der Waals surface area contributed by atoms with Gasteiger partial charge in [-0.05, 0) is 63.6 Å². The third kappa shape index (κ3) is 6.41. The third-order valence-electron chi connectivity index (χ3n) is 5.48. The zero-order chi connectivity index (χ0) is 25.7. The smallest absolute Gasteiger partial charge is 0.224 e. The van der Waals surface area contributed by atoms with Gasteiger partial charge in [0, 0.05) is 12.7 Å². The molecule has 0 aliphatic heterocycles. The molecule has 1 aromatic carbocycles. The van der Waals surface area contributed by atoms with E-state index in [1.165, 1.54) is 0 Å². The Hall–Kier alpha value is -3.43. The molecule has 0 saturated heterocycles. The molecule has 2 N–H and O–H groups in total. The maximum absolute atomic E-state index is 6.08. The lowest BCUT2D eigenvalue weighted by molar-refractivity contribution is -0.0158. The third-order valence-corrected chi connectivity index (χ3v) is 6.61. The molecule has 190 valence electrons. The first kappa shape index (κ1) is 25.7. The summed E-state index contributed by atoms with van der Waals surface area (Å²) in [7, 11) is 3.27. The zero-order valence-corrected chi connectivity index (χ0v) is 22.4. The Balaban J connectivity index is 1.59. The molecular formula is C27H33N5O3S. The van der Waals surface area contributed by atoms with Crippen LogP contribution in [0.3, 0.4) is 0 Å². The molecule has 1 unspecified atom stereocenters. The number of ether oxygens (including phenoxy) is 3. The van der Waals surface area contributed by atoms with E-state index in [2.05, 4.69) is 21.7 Å². The molecule has 0 aliphatic carbocycles. The second-order valence-corrected chi connectivity index (χ2v) is 10.4. The highest BCUT2D eigenvalue weighted by molar-refractivity contribution is 7.22. The van der Waals surface area contributed by atoms with Gasteiger partial charge in [-0.2, -0.15) is 0 Å². The fraction of sp³-hybridized carbons (Fsp3) is 0.370. The van der Waals surface area contributed by atoms with Crippen LogP contribution in [0, 0.1) is 0 Å². The number of methoxy groups -OCH3 is 2. The van der Waals surface area contributed by atoms with Crippen molar-refractivity contribution >= 4 is 32.5 Å². The number of hydrogen-bond acceptors (Lipinski definition) is 9. The second kappa shape index (κ2) is 11.1. The van der Waals surface area contributed by atoms with Crippen molar-refractivity contribution in [2.45, 2.75) is 52.5 Å². The SMILES string of the molecule is COc1ccc(CNc2cc3nc(NC(C)c4ccccn4)nc(COC(C)(C)C)c3s2)cc1OC. The van der Waals surface area contributed by atoms with E-state index in [0.717, 1.165) is 32.2 Å². The van der Waals surface area contributed by atoms with Gasteiger partial charge >= 0.3 is 0 Å². The maximum atomic E-state index is 6.08. The topological polar surface area (TPSA) is 90.4 Å². The van der Waals surface area contributed by atoms with Crippen LogP contribution < -0.4 is 20.1 Å². The predicted molar refractivity (Wildman–Crippen MR) is 145 cm³/mol. The Labute approximate surface area is 216 Å². The van der Waals surface area contributed by atoms with Crippen molar-refractivity contribution in [3.63, 3.8) is 0 Å². The molecule has 4 rings (SSSR count). The molecule has 3 heterocycles. The van der Waals surface area contributed by atoms with Crippen LogP contribution in [0.2, 0.25) is 0 Å². The lowest BCUT2D eigenvalue weighted by Gasteiger charge is -2.20. The maximum Gasteiger partial charge on any atom is 0.224 e. The molecule has 9 heteroatoms. The first-order valence-corrected chi connectivity index (χ1v) is 12.6. The normalized spacial score (nSPS) is 12.4. The molecule has 3 aromatic heterocycles. The number of rotatable bonds is 10. The van der Waals surface area contributed by atoms with Crippen molar-refractivity contribution < 1.29 is 14.2 Å². The number of pyridine rings is 1. The van der Waals surface area contributed by atoms with Gasteiger partial charge < -0.3 is 24.8 Å². The van der Waals surface area contributed by atoms with Gasteiger partial charge in [0.2, 0.25) is 5.95 Å². The van der Waals surface area contributed by atoms with Crippen molar-refractivity contribution in [1.82, 2.24) is 15.0 Å². The quantitative estimate of drug-likeness (QED) is 0.262. The fourth-order valence-corrected chi connectivity index (χ4v) is 4.57. The molecule has 0 amide bonds. The lowest BCUT2D eigenvalue weighted by atomic mass is 10.2. The average molecular weight is 508 g/mol. The average Bonchev–Trinajstić information content (AvgIpc) is 3.29. The molecule has 0 saturated carbocycles. The van der Waals surface area contributed by atoms with Crippen LogP contribution in [0.1, 0.15) is 50.7 Å². The number of benzene rings is 1. The van der Waals surface area contributed by atoms with Crippen LogP contribution in [-0.4, -0.2) is 34.8 Å². The fourth-order valence-electron chi connectivity index (χ4n) is 3.60. The van der Waals surface area contributed by atoms with E-state index in [0.29, 0.717) is 30.6 Å². The van der Waals surface area contributed by atoms with Gasteiger partial charge in [0.25, 0.3) is 0 Å². The van der Waals surface area contributed by atoms with Gasteiger partial charge in [-0.15, -0.1) is 11.3 Å². The Bertz CT molecular complexity index is 1300. The van der Waals surface area contributed by atoms with Gasteiger partial charge in [-0.1, -0.05) is 12.1 Å². The van der Waals surface area contributed by atoms with Crippen LogP contribution >= 0.6 is 11.3 Å². The van der Waals surface area contributed by atoms with Crippen LogP contribution in [0.5, 0.6) is 11.5 Å². The summed E-state index contributed by atoms with van der Waals surface area (Å²) in [5.74, 6) is 1.97. The van der Waals surface area contributed by atoms with Crippen LogP contribution in [0.25, 0.3) is 10.2 Å². The number of aromatic nitrogens is 3. The minimum Gasteiger partial charge on any atom is -0.493 e. The summed E-state index contributed by atoms with van der Waals surface area (Å²) < 4.78 is 17.9. The summed E-state index contributed by atoms with van der Waals surface area (Å²) in [4.78, 5) is 14.1. The van der Waals surface area contributed by atoms with Crippen molar-refractivity contribution in [3.8, 4) is 11.5 Å². The van der Waals surface area contributed by atoms with E-state index in [1.807, 2.05) is 64.1 Å². The summed E-state index contributed by atoms with van der Waals surface area (Å²) in [5, 5.41) is 7.91. The molecule has 36 heavy (non-hydrogen) atoms. The summed E-state index contributed by atoms with van der Waals surface area (Å²) in [5.41, 5.74) is 3.45. The molecule has 4 aromatic rings. The number of nitrogens with zero attached hydrogens (tertiary/aromatic N) is 3.